The monoisotopic (exact) mass is 238 g/mol. The Morgan fingerprint density at radius 2 is 2.24 bits per heavy atom. The largest absolute Gasteiger partial charge is 0.469 e. The van der Waals surface area contributed by atoms with E-state index in [2.05, 4.69) is 10.6 Å². The Morgan fingerprint density at radius 1 is 1.35 bits per heavy atom. The second-order valence-electron chi connectivity index (χ2n) is 4.40. The van der Waals surface area contributed by atoms with Crippen molar-refractivity contribution in [3.8, 4) is 0 Å². The van der Waals surface area contributed by atoms with Crippen molar-refractivity contribution in [2.45, 2.75) is 25.4 Å². The van der Waals surface area contributed by atoms with Gasteiger partial charge in [0.2, 0.25) is 0 Å². The summed E-state index contributed by atoms with van der Waals surface area (Å²) in [6, 6.07) is 3.93. The molecule has 0 saturated carbocycles. The fourth-order valence-electron chi connectivity index (χ4n) is 2.05. The lowest BCUT2D eigenvalue weighted by molar-refractivity contribution is 0.0349. The van der Waals surface area contributed by atoms with Gasteiger partial charge in [0, 0.05) is 19.5 Å². The molecule has 1 aromatic heterocycles. The highest BCUT2D eigenvalue weighted by Crippen LogP contribution is 2.06. The average Bonchev–Trinajstić information content (AvgIpc) is 2.88. The van der Waals surface area contributed by atoms with E-state index in [9.17, 15) is 0 Å². The van der Waals surface area contributed by atoms with Gasteiger partial charge in [0.05, 0.1) is 19.0 Å². The molecule has 1 aliphatic heterocycles. The Balaban J connectivity index is 1.43. The van der Waals surface area contributed by atoms with Crippen molar-refractivity contribution in [1.82, 2.24) is 10.6 Å². The first-order valence-corrected chi connectivity index (χ1v) is 6.50. The van der Waals surface area contributed by atoms with Crippen LogP contribution in [0, 0.1) is 0 Å². The highest BCUT2D eigenvalue weighted by Gasteiger charge is 2.12. The number of rotatable bonds is 7. The lowest BCUT2D eigenvalue weighted by Gasteiger charge is -2.22. The van der Waals surface area contributed by atoms with E-state index < -0.39 is 0 Å². The van der Waals surface area contributed by atoms with Crippen molar-refractivity contribution < 1.29 is 9.15 Å². The summed E-state index contributed by atoms with van der Waals surface area (Å²) in [5, 5.41) is 6.70. The summed E-state index contributed by atoms with van der Waals surface area (Å²) in [4.78, 5) is 0. The fourth-order valence-corrected chi connectivity index (χ4v) is 2.05. The third-order valence-electron chi connectivity index (χ3n) is 3.05. The highest BCUT2D eigenvalue weighted by atomic mass is 16.5. The number of hydrogen-bond acceptors (Lipinski definition) is 4. The normalized spacial score (nSPS) is 17.4. The van der Waals surface area contributed by atoms with Crippen molar-refractivity contribution in [1.29, 1.82) is 0 Å². The third kappa shape index (κ3) is 4.89. The van der Waals surface area contributed by atoms with E-state index in [-0.39, 0.29) is 0 Å². The molecule has 0 aromatic carbocycles. The van der Waals surface area contributed by atoms with Gasteiger partial charge in [-0.05, 0) is 38.1 Å². The van der Waals surface area contributed by atoms with Crippen LogP contribution in [0.5, 0.6) is 0 Å². The van der Waals surface area contributed by atoms with Crippen molar-refractivity contribution in [3.05, 3.63) is 24.2 Å². The Bertz CT molecular complexity index is 282. The number of piperidine rings is 1. The maximum Gasteiger partial charge on any atom is 0.105 e. The van der Waals surface area contributed by atoms with E-state index in [0.29, 0.717) is 6.10 Å². The van der Waals surface area contributed by atoms with Crippen LogP contribution in [0.1, 0.15) is 18.6 Å². The quantitative estimate of drug-likeness (QED) is 0.700. The van der Waals surface area contributed by atoms with Gasteiger partial charge >= 0.3 is 0 Å². The first-order valence-electron chi connectivity index (χ1n) is 6.50. The first-order chi connectivity index (χ1) is 8.45. The van der Waals surface area contributed by atoms with Gasteiger partial charge in [0.25, 0.3) is 0 Å². The summed E-state index contributed by atoms with van der Waals surface area (Å²) in [5.41, 5.74) is 0. The van der Waals surface area contributed by atoms with E-state index in [1.165, 1.54) is 0 Å². The predicted molar refractivity (Wildman–Crippen MR) is 67.1 cm³/mol. The minimum absolute atomic E-state index is 0.461. The maximum absolute atomic E-state index is 5.79. The van der Waals surface area contributed by atoms with Crippen molar-refractivity contribution in [2.24, 2.45) is 0 Å². The van der Waals surface area contributed by atoms with Crippen LogP contribution < -0.4 is 10.6 Å². The molecule has 0 radical (unpaired) electrons. The lowest BCUT2D eigenvalue weighted by atomic mass is 10.1. The molecule has 17 heavy (non-hydrogen) atoms. The summed E-state index contributed by atoms with van der Waals surface area (Å²) in [6.07, 6.45) is 5.41. The van der Waals surface area contributed by atoms with Crippen LogP contribution in [0.15, 0.2) is 22.8 Å². The van der Waals surface area contributed by atoms with Crippen LogP contribution in [-0.2, 0) is 11.2 Å². The average molecular weight is 238 g/mol. The van der Waals surface area contributed by atoms with E-state index >= 15 is 0 Å². The molecular formula is C13H22N2O2. The molecule has 4 nitrogen and oxygen atoms in total. The number of ether oxygens (including phenoxy) is 1. The second kappa shape index (κ2) is 7.48. The topological polar surface area (TPSA) is 46.4 Å². The van der Waals surface area contributed by atoms with Gasteiger partial charge < -0.3 is 19.8 Å². The molecule has 1 saturated heterocycles. The minimum atomic E-state index is 0.461. The summed E-state index contributed by atoms with van der Waals surface area (Å²) in [7, 11) is 0. The van der Waals surface area contributed by atoms with Crippen molar-refractivity contribution in [2.75, 3.05) is 32.8 Å². The zero-order valence-corrected chi connectivity index (χ0v) is 10.3. The Morgan fingerprint density at radius 3 is 3.00 bits per heavy atom. The summed E-state index contributed by atoms with van der Waals surface area (Å²) >= 11 is 0. The highest BCUT2D eigenvalue weighted by molar-refractivity contribution is 4.98. The van der Waals surface area contributed by atoms with Crippen molar-refractivity contribution >= 4 is 0 Å². The molecule has 0 bridgehead atoms. The molecule has 1 aliphatic rings. The molecule has 2 rings (SSSR count). The van der Waals surface area contributed by atoms with Crippen molar-refractivity contribution in [3.63, 3.8) is 0 Å². The number of hydrogen-bond donors (Lipinski definition) is 2. The molecule has 0 unspecified atom stereocenters. The SMILES string of the molecule is c1coc(CCNCCOC2CCNCC2)c1. The molecule has 0 aliphatic carbocycles. The van der Waals surface area contributed by atoms with E-state index in [4.69, 9.17) is 9.15 Å². The number of nitrogens with one attached hydrogen (secondary N) is 2. The van der Waals surface area contributed by atoms with Crippen LogP contribution in [0.25, 0.3) is 0 Å². The van der Waals surface area contributed by atoms with E-state index in [1.807, 2.05) is 12.1 Å². The fraction of sp³-hybridized carbons (Fsp3) is 0.692. The van der Waals surface area contributed by atoms with Gasteiger partial charge in [-0.25, -0.2) is 0 Å². The van der Waals surface area contributed by atoms with Gasteiger partial charge in [-0.2, -0.15) is 0 Å². The molecule has 0 spiro atoms. The molecule has 96 valence electrons. The van der Waals surface area contributed by atoms with Crippen LogP contribution in [0.4, 0.5) is 0 Å². The van der Waals surface area contributed by atoms with Gasteiger partial charge in [-0.1, -0.05) is 0 Å². The van der Waals surface area contributed by atoms with Gasteiger partial charge in [-0.3, -0.25) is 0 Å². The molecule has 0 atom stereocenters. The Labute approximate surface area is 103 Å². The molecule has 1 fully saturated rings. The third-order valence-corrected chi connectivity index (χ3v) is 3.05. The van der Waals surface area contributed by atoms with Crippen LogP contribution in [0.3, 0.4) is 0 Å². The van der Waals surface area contributed by atoms with Gasteiger partial charge in [0.15, 0.2) is 0 Å². The molecule has 1 aromatic rings. The summed E-state index contributed by atoms with van der Waals surface area (Å²) in [5.74, 6) is 1.04. The molecule has 4 heteroatoms. The second-order valence-corrected chi connectivity index (χ2v) is 4.40. The smallest absolute Gasteiger partial charge is 0.105 e. The zero-order valence-electron chi connectivity index (χ0n) is 10.3. The maximum atomic E-state index is 5.79. The number of furan rings is 1. The lowest BCUT2D eigenvalue weighted by Crippen LogP contribution is -2.34. The van der Waals surface area contributed by atoms with Gasteiger partial charge in [0.1, 0.15) is 5.76 Å². The zero-order chi connectivity index (χ0) is 11.8. The minimum Gasteiger partial charge on any atom is -0.469 e. The van der Waals surface area contributed by atoms with Gasteiger partial charge in [-0.15, -0.1) is 0 Å². The molecular weight excluding hydrogens is 216 g/mol. The van der Waals surface area contributed by atoms with E-state index in [0.717, 1.165) is 57.8 Å². The summed E-state index contributed by atoms with van der Waals surface area (Å²) in [6.45, 7) is 4.86. The predicted octanol–water partition coefficient (Wildman–Crippen LogP) is 1.18. The van der Waals surface area contributed by atoms with Crippen LogP contribution in [-0.4, -0.2) is 38.9 Å². The van der Waals surface area contributed by atoms with Crippen LogP contribution in [0.2, 0.25) is 0 Å². The van der Waals surface area contributed by atoms with Crippen LogP contribution >= 0.6 is 0 Å². The molecule has 2 heterocycles. The standard InChI is InChI=1S/C13H22N2O2/c1-2-12(16-10-1)3-8-15-9-11-17-13-4-6-14-7-5-13/h1-2,10,13-15H,3-9,11H2. The Kier molecular flexibility index (Phi) is 5.55. The van der Waals surface area contributed by atoms with E-state index in [1.54, 1.807) is 6.26 Å². The first kappa shape index (κ1) is 12.6. The molecule has 2 N–H and O–H groups in total. The Hall–Kier alpha value is -0.840. The summed E-state index contributed by atoms with van der Waals surface area (Å²) < 4.78 is 11.1. The molecule has 0 amide bonds.